The van der Waals surface area contributed by atoms with Crippen LogP contribution in [0.25, 0.3) is 0 Å². The van der Waals surface area contributed by atoms with Gasteiger partial charge in [0.25, 0.3) is 0 Å². The van der Waals surface area contributed by atoms with E-state index in [4.69, 9.17) is 4.74 Å². The Hall–Kier alpha value is -3.15. The molecule has 2 aromatic carbocycles. The van der Waals surface area contributed by atoms with Crippen molar-refractivity contribution >= 4 is 23.7 Å². The minimum Gasteiger partial charge on any atom is -0.494 e. The molecule has 6 heteroatoms. The maximum Gasteiger partial charge on any atom is 0.329 e. The molecule has 2 N–H and O–H groups in total. The molecule has 0 unspecified atom stereocenters. The minimum atomic E-state index is -0.835. The number of carbonyl (C=O) groups is 2. The van der Waals surface area contributed by atoms with Crippen LogP contribution in [0.5, 0.6) is 5.75 Å². The van der Waals surface area contributed by atoms with Gasteiger partial charge in [0.05, 0.1) is 12.8 Å². The number of hydrogen-bond donors (Lipinski definition) is 2. The molecule has 0 fully saturated rings. The van der Waals surface area contributed by atoms with Gasteiger partial charge in [-0.3, -0.25) is 9.59 Å². The Bertz CT molecular complexity index is 800. The van der Waals surface area contributed by atoms with Crippen LogP contribution in [0, 0.1) is 13.8 Å². The van der Waals surface area contributed by atoms with Gasteiger partial charge in [0.2, 0.25) is 0 Å². The smallest absolute Gasteiger partial charge is 0.329 e. The monoisotopic (exact) mass is 339 g/mol. The molecule has 0 aliphatic heterocycles. The summed E-state index contributed by atoms with van der Waals surface area (Å²) >= 11 is 0. The standard InChI is InChI=1S/C19H21N3O3/c1-4-25-16-9-6-8-15(11-16)12-20-22-19(24)18(23)21-17-10-5-7-13(2)14(17)3/h5-12H,4H2,1-3H3,(H,21,23)(H,22,24)/b20-12-. The van der Waals surface area contributed by atoms with Crippen LogP contribution in [0.4, 0.5) is 5.69 Å². The van der Waals surface area contributed by atoms with Crippen LogP contribution in [-0.2, 0) is 9.59 Å². The third-order valence-corrected chi connectivity index (χ3v) is 3.61. The first-order chi connectivity index (χ1) is 12.0. The zero-order chi connectivity index (χ0) is 18.2. The minimum absolute atomic E-state index is 0.565. The van der Waals surface area contributed by atoms with Gasteiger partial charge < -0.3 is 10.1 Å². The molecule has 6 nitrogen and oxygen atoms in total. The normalized spacial score (nSPS) is 10.5. The van der Waals surface area contributed by atoms with Crippen LogP contribution in [-0.4, -0.2) is 24.6 Å². The number of carbonyl (C=O) groups excluding carboxylic acids is 2. The number of rotatable bonds is 5. The van der Waals surface area contributed by atoms with E-state index in [0.717, 1.165) is 16.7 Å². The Morgan fingerprint density at radius 1 is 1.12 bits per heavy atom. The first-order valence-electron chi connectivity index (χ1n) is 7.94. The van der Waals surface area contributed by atoms with Gasteiger partial charge in [0.1, 0.15) is 5.75 Å². The largest absolute Gasteiger partial charge is 0.494 e. The predicted molar refractivity (Wildman–Crippen MR) is 97.9 cm³/mol. The number of amides is 2. The van der Waals surface area contributed by atoms with Gasteiger partial charge in [0, 0.05) is 5.69 Å². The summed E-state index contributed by atoms with van der Waals surface area (Å²) in [6.07, 6.45) is 1.45. The second-order valence-corrected chi connectivity index (χ2v) is 5.41. The number of anilines is 1. The number of ether oxygens (including phenoxy) is 1. The molecular weight excluding hydrogens is 318 g/mol. The maximum absolute atomic E-state index is 11.9. The van der Waals surface area contributed by atoms with Gasteiger partial charge in [-0.1, -0.05) is 24.3 Å². The van der Waals surface area contributed by atoms with E-state index in [2.05, 4.69) is 15.8 Å². The van der Waals surface area contributed by atoms with Crippen molar-refractivity contribution in [1.29, 1.82) is 0 Å². The lowest BCUT2D eigenvalue weighted by Crippen LogP contribution is -2.32. The fraction of sp³-hybridized carbons (Fsp3) is 0.211. The Kier molecular flexibility index (Phi) is 6.28. The number of hydrazone groups is 1. The molecule has 0 aliphatic carbocycles. The zero-order valence-electron chi connectivity index (χ0n) is 14.5. The molecule has 0 saturated heterocycles. The van der Waals surface area contributed by atoms with Crippen LogP contribution < -0.4 is 15.5 Å². The van der Waals surface area contributed by atoms with Crippen molar-refractivity contribution in [2.45, 2.75) is 20.8 Å². The van der Waals surface area contributed by atoms with Gasteiger partial charge in [-0.15, -0.1) is 0 Å². The third kappa shape index (κ3) is 5.17. The van der Waals surface area contributed by atoms with Crippen molar-refractivity contribution in [2.75, 3.05) is 11.9 Å². The lowest BCUT2D eigenvalue weighted by atomic mass is 10.1. The number of aryl methyl sites for hydroxylation is 1. The van der Waals surface area contributed by atoms with Crippen molar-refractivity contribution in [2.24, 2.45) is 5.10 Å². The van der Waals surface area contributed by atoms with E-state index in [1.54, 1.807) is 12.1 Å². The van der Waals surface area contributed by atoms with Gasteiger partial charge in [0.15, 0.2) is 0 Å². The number of nitrogens with one attached hydrogen (secondary N) is 2. The van der Waals surface area contributed by atoms with Gasteiger partial charge in [-0.05, 0) is 55.7 Å². The third-order valence-electron chi connectivity index (χ3n) is 3.61. The van der Waals surface area contributed by atoms with Crippen LogP contribution in [0.3, 0.4) is 0 Å². The average molecular weight is 339 g/mol. The molecule has 0 heterocycles. The molecule has 0 aliphatic rings. The molecule has 0 aromatic heterocycles. The summed E-state index contributed by atoms with van der Waals surface area (Å²) in [6.45, 7) is 6.28. The second-order valence-electron chi connectivity index (χ2n) is 5.41. The first-order valence-corrected chi connectivity index (χ1v) is 7.94. The maximum atomic E-state index is 11.9. The summed E-state index contributed by atoms with van der Waals surface area (Å²) in [5.74, 6) is -0.891. The van der Waals surface area contributed by atoms with Crippen molar-refractivity contribution in [3.05, 3.63) is 59.2 Å². The summed E-state index contributed by atoms with van der Waals surface area (Å²) in [6, 6.07) is 12.8. The van der Waals surface area contributed by atoms with Crippen LogP contribution in [0.15, 0.2) is 47.6 Å². The van der Waals surface area contributed by atoms with Crippen molar-refractivity contribution in [3.8, 4) is 5.75 Å². The Morgan fingerprint density at radius 3 is 2.64 bits per heavy atom. The fourth-order valence-electron chi connectivity index (χ4n) is 2.13. The highest BCUT2D eigenvalue weighted by atomic mass is 16.5. The van der Waals surface area contributed by atoms with E-state index in [9.17, 15) is 9.59 Å². The molecule has 0 bridgehead atoms. The fourth-order valence-corrected chi connectivity index (χ4v) is 2.13. The van der Waals surface area contributed by atoms with Gasteiger partial charge in [-0.2, -0.15) is 5.10 Å². The summed E-state index contributed by atoms with van der Waals surface area (Å²) in [7, 11) is 0. The SMILES string of the molecule is CCOc1cccc(/C=N\NC(=O)C(=O)Nc2cccc(C)c2C)c1. The van der Waals surface area contributed by atoms with Gasteiger partial charge >= 0.3 is 11.8 Å². The Morgan fingerprint density at radius 2 is 1.88 bits per heavy atom. The van der Waals surface area contributed by atoms with Crippen LogP contribution in [0.2, 0.25) is 0 Å². The van der Waals surface area contributed by atoms with Crippen molar-refractivity contribution in [3.63, 3.8) is 0 Å². The van der Waals surface area contributed by atoms with Crippen molar-refractivity contribution < 1.29 is 14.3 Å². The molecule has 2 amide bonds. The highest BCUT2D eigenvalue weighted by Crippen LogP contribution is 2.17. The number of hydrogen-bond acceptors (Lipinski definition) is 4. The molecule has 0 radical (unpaired) electrons. The Balaban J connectivity index is 1.94. The summed E-state index contributed by atoms with van der Waals surface area (Å²) in [5, 5.41) is 6.38. The quantitative estimate of drug-likeness (QED) is 0.499. The molecule has 2 aromatic rings. The van der Waals surface area contributed by atoms with E-state index < -0.39 is 11.8 Å². The van der Waals surface area contributed by atoms with Crippen LogP contribution >= 0.6 is 0 Å². The van der Waals surface area contributed by atoms with Crippen LogP contribution in [0.1, 0.15) is 23.6 Å². The van der Waals surface area contributed by atoms with E-state index in [1.165, 1.54) is 6.21 Å². The molecule has 25 heavy (non-hydrogen) atoms. The predicted octanol–water partition coefficient (Wildman–Crippen LogP) is 2.79. The van der Waals surface area contributed by atoms with Crippen molar-refractivity contribution in [1.82, 2.24) is 5.43 Å². The number of nitrogens with zero attached hydrogens (tertiary/aromatic N) is 1. The lowest BCUT2D eigenvalue weighted by molar-refractivity contribution is -0.136. The van der Waals surface area contributed by atoms with E-state index in [1.807, 2.05) is 51.1 Å². The van der Waals surface area contributed by atoms with E-state index >= 15 is 0 Å². The first kappa shape index (κ1) is 18.2. The molecular formula is C19H21N3O3. The average Bonchev–Trinajstić information content (AvgIpc) is 2.59. The highest BCUT2D eigenvalue weighted by molar-refractivity contribution is 6.39. The van der Waals surface area contributed by atoms with Gasteiger partial charge in [-0.25, -0.2) is 5.43 Å². The van der Waals surface area contributed by atoms with E-state index in [0.29, 0.717) is 18.0 Å². The lowest BCUT2D eigenvalue weighted by Gasteiger charge is -2.09. The topological polar surface area (TPSA) is 79.8 Å². The molecule has 0 atom stereocenters. The molecule has 130 valence electrons. The van der Waals surface area contributed by atoms with E-state index in [-0.39, 0.29) is 0 Å². The summed E-state index contributed by atoms with van der Waals surface area (Å²) in [5.41, 5.74) is 5.52. The molecule has 0 saturated carbocycles. The summed E-state index contributed by atoms with van der Waals surface area (Å²) in [4.78, 5) is 23.8. The number of benzene rings is 2. The highest BCUT2D eigenvalue weighted by Gasteiger charge is 2.14. The second kappa shape index (κ2) is 8.63. The summed E-state index contributed by atoms with van der Waals surface area (Å²) < 4.78 is 5.39. The molecule has 2 rings (SSSR count). The Labute approximate surface area is 146 Å². The zero-order valence-corrected chi connectivity index (χ0v) is 14.5. The molecule has 0 spiro atoms.